The van der Waals surface area contributed by atoms with Gasteiger partial charge in [-0.05, 0) is 99.1 Å². The molecule has 37 heavy (non-hydrogen) atoms. The Morgan fingerprint density at radius 1 is 0.973 bits per heavy atom. The van der Waals surface area contributed by atoms with Crippen LogP contribution < -0.4 is 10.2 Å². The van der Waals surface area contributed by atoms with Crippen molar-refractivity contribution in [3.63, 3.8) is 0 Å². The molecule has 0 amide bonds. The lowest BCUT2D eigenvalue weighted by molar-refractivity contribution is 0.0600. The van der Waals surface area contributed by atoms with E-state index in [9.17, 15) is 4.79 Å². The number of pyridine rings is 1. The summed E-state index contributed by atoms with van der Waals surface area (Å²) in [5.41, 5.74) is 8.85. The van der Waals surface area contributed by atoms with Gasteiger partial charge < -0.3 is 19.5 Å². The van der Waals surface area contributed by atoms with Gasteiger partial charge in [0.2, 0.25) is 0 Å². The van der Waals surface area contributed by atoms with Gasteiger partial charge in [-0.3, -0.25) is 4.98 Å². The highest BCUT2D eigenvalue weighted by Crippen LogP contribution is 2.44. The molecule has 6 nitrogen and oxygen atoms in total. The first-order valence-electron chi connectivity index (χ1n) is 12.3. The number of para-hydroxylation sites is 1. The third-order valence-electron chi connectivity index (χ3n) is 7.21. The number of thiocarbonyl (C=S) groups is 1. The summed E-state index contributed by atoms with van der Waals surface area (Å²) in [6.07, 6.45) is 1.81. The molecular formula is C30H30N4O2S. The molecule has 1 N–H and O–H groups in total. The summed E-state index contributed by atoms with van der Waals surface area (Å²) >= 11 is 5.92. The molecule has 0 unspecified atom stereocenters. The van der Waals surface area contributed by atoms with Gasteiger partial charge in [0.25, 0.3) is 0 Å². The van der Waals surface area contributed by atoms with E-state index in [1.165, 1.54) is 18.2 Å². The summed E-state index contributed by atoms with van der Waals surface area (Å²) in [6, 6.07) is 21.8. The number of nitrogens with one attached hydrogen (secondary N) is 1. The second kappa shape index (κ2) is 9.82. The zero-order valence-electron chi connectivity index (χ0n) is 21.6. The molecule has 3 heterocycles. The highest BCUT2D eigenvalue weighted by molar-refractivity contribution is 7.80. The molecule has 1 saturated heterocycles. The van der Waals surface area contributed by atoms with Gasteiger partial charge in [-0.1, -0.05) is 24.3 Å². The van der Waals surface area contributed by atoms with Crippen molar-refractivity contribution in [3.05, 3.63) is 112 Å². The summed E-state index contributed by atoms with van der Waals surface area (Å²) in [4.78, 5) is 19.5. The van der Waals surface area contributed by atoms with Crippen LogP contribution in [0.25, 0.3) is 5.69 Å². The van der Waals surface area contributed by atoms with Gasteiger partial charge in [0.05, 0.1) is 36.1 Å². The van der Waals surface area contributed by atoms with Crippen molar-refractivity contribution in [1.29, 1.82) is 0 Å². The lowest BCUT2D eigenvalue weighted by Crippen LogP contribution is -2.29. The quantitative estimate of drug-likeness (QED) is 0.260. The molecule has 2 aromatic carbocycles. The lowest BCUT2D eigenvalue weighted by Gasteiger charge is -2.28. The van der Waals surface area contributed by atoms with E-state index in [2.05, 4.69) is 71.7 Å². The molecule has 5 rings (SSSR count). The Morgan fingerprint density at radius 3 is 2.43 bits per heavy atom. The maximum Gasteiger partial charge on any atom is 0.339 e. The highest BCUT2D eigenvalue weighted by atomic mass is 32.1. The summed E-state index contributed by atoms with van der Waals surface area (Å²) in [7, 11) is 1.41. The van der Waals surface area contributed by atoms with Crippen molar-refractivity contribution >= 4 is 29.0 Å². The van der Waals surface area contributed by atoms with Gasteiger partial charge in [0.1, 0.15) is 0 Å². The molecule has 0 aliphatic carbocycles. The molecule has 2 atom stereocenters. The average molecular weight is 511 g/mol. The van der Waals surface area contributed by atoms with Crippen LogP contribution in [-0.4, -0.2) is 27.7 Å². The Morgan fingerprint density at radius 2 is 1.73 bits per heavy atom. The molecular weight excluding hydrogens is 480 g/mol. The first kappa shape index (κ1) is 24.7. The fraction of sp³-hybridized carbons (Fsp3) is 0.233. The molecule has 0 spiro atoms. The molecule has 188 valence electrons. The predicted octanol–water partition coefficient (Wildman–Crippen LogP) is 6.07. The lowest BCUT2D eigenvalue weighted by atomic mass is 9.96. The van der Waals surface area contributed by atoms with Crippen LogP contribution in [0, 0.1) is 27.7 Å². The van der Waals surface area contributed by atoms with Gasteiger partial charge >= 0.3 is 5.97 Å². The van der Waals surface area contributed by atoms with E-state index in [1.54, 1.807) is 6.07 Å². The van der Waals surface area contributed by atoms with Crippen LogP contribution in [0.5, 0.6) is 0 Å². The number of nitrogens with zero attached hydrogens (tertiary/aromatic N) is 3. The topological polar surface area (TPSA) is 59.4 Å². The number of carbonyl (C=O) groups excluding carboxylic acids is 1. The Kier molecular flexibility index (Phi) is 6.56. The van der Waals surface area contributed by atoms with Gasteiger partial charge in [-0.15, -0.1) is 0 Å². The molecule has 1 aliphatic rings. The number of esters is 1. The van der Waals surface area contributed by atoms with Crippen molar-refractivity contribution < 1.29 is 9.53 Å². The Hall–Kier alpha value is -3.97. The number of carbonyl (C=O) groups is 1. The third kappa shape index (κ3) is 4.29. The minimum Gasteiger partial charge on any atom is -0.465 e. The minimum absolute atomic E-state index is 0.144. The molecule has 2 aromatic heterocycles. The number of benzene rings is 2. The second-order valence-electron chi connectivity index (χ2n) is 9.44. The summed E-state index contributed by atoms with van der Waals surface area (Å²) in [6.45, 7) is 8.37. The normalized spacial score (nSPS) is 17.1. The highest BCUT2D eigenvalue weighted by Gasteiger charge is 2.42. The number of rotatable bonds is 5. The van der Waals surface area contributed by atoms with Crippen LogP contribution >= 0.6 is 12.2 Å². The average Bonchev–Trinajstić information content (AvgIpc) is 3.40. The maximum absolute atomic E-state index is 12.6. The van der Waals surface area contributed by atoms with E-state index < -0.39 is 0 Å². The van der Waals surface area contributed by atoms with Gasteiger partial charge in [-0.2, -0.15) is 0 Å². The zero-order chi connectivity index (χ0) is 26.3. The second-order valence-corrected chi connectivity index (χ2v) is 9.82. The van der Waals surface area contributed by atoms with Crippen LogP contribution in [0.15, 0.2) is 72.9 Å². The number of methoxy groups -OCH3 is 1. The number of hydrogen-bond donors (Lipinski definition) is 1. The molecule has 0 bridgehead atoms. The Labute approximate surface area is 222 Å². The van der Waals surface area contributed by atoms with Crippen LogP contribution in [0.2, 0.25) is 0 Å². The summed E-state index contributed by atoms with van der Waals surface area (Å²) in [5, 5.41) is 4.20. The monoisotopic (exact) mass is 510 g/mol. The molecule has 4 aromatic rings. The smallest absolute Gasteiger partial charge is 0.339 e. The van der Waals surface area contributed by atoms with Crippen LogP contribution in [0.1, 0.15) is 56.2 Å². The van der Waals surface area contributed by atoms with Gasteiger partial charge in [0, 0.05) is 23.3 Å². The predicted molar refractivity (Wildman–Crippen MR) is 150 cm³/mol. The molecule has 0 radical (unpaired) electrons. The molecule has 1 aliphatic heterocycles. The number of anilines is 1. The summed E-state index contributed by atoms with van der Waals surface area (Å²) in [5.74, 6) is -0.364. The van der Waals surface area contributed by atoms with E-state index in [0.29, 0.717) is 10.7 Å². The number of ether oxygens (including phenoxy) is 1. The van der Waals surface area contributed by atoms with E-state index in [4.69, 9.17) is 17.0 Å². The standard InChI is InChI=1S/C30H30N4O2S/c1-18-13-14-22(16-19(18)2)34-28(27(32-30(34)37)25-11-8-9-15-31-25)24-17-20(3)33(21(24)4)26-12-7-6-10-23(26)29(35)36-5/h6-17,27-28H,1-5H3,(H,32,37)/t27-,28+/m0/s1. The first-order chi connectivity index (χ1) is 17.8. The van der Waals surface area contributed by atoms with Crippen molar-refractivity contribution in [1.82, 2.24) is 14.9 Å². The minimum atomic E-state index is -0.364. The van der Waals surface area contributed by atoms with Crippen molar-refractivity contribution in [2.24, 2.45) is 0 Å². The largest absolute Gasteiger partial charge is 0.465 e. The molecule has 0 saturated carbocycles. The van der Waals surface area contributed by atoms with E-state index in [0.717, 1.165) is 34.0 Å². The summed E-state index contributed by atoms with van der Waals surface area (Å²) < 4.78 is 7.20. The van der Waals surface area contributed by atoms with E-state index in [-0.39, 0.29) is 18.1 Å². The fourth-order valence-electron chi connectivity index (χ4n) is 5.23. The van der Waals surface area contributed by atoms with Crippen LogP contribution in [-0.2, 0) is 4.74 Å². The van der Waals surface area contributed by atoms with Crippen LogP contribution in [0.4, 0.5) is 5.69 Å². The van der Waals surface area contributed by atoms with Crippen molar-refractivity contribution in [2.45, 2.75) is 39.8 Å². The fourth-order valence-corrected chi connectivity index (χ4v) is 5.58. The molecule has 1 fully saturated rings. The van der Waals surface area contributed by atoms with Gasteiger partial charge in [-0.25, -0.2) is 4.79 Å². The zero-order valence-corrected chi connectivity index (χ0v) is 22.5. The third-order valence-corrected chi connectivity index (χ3v) is 7.52. The number of aromatic nitrogens is 2. The number of hydrogen-bond acceptors (Lipinski definition) is 4. The van der Waals surface area contributed by atoms with Crippen molar-refractivity contribution in [2.75, 3.05) is 12.0 Å². The van der Waals surface area contributed by atoms with Crippen molar-refractivity contribution in [3.8, 4) is 5.69 Å². The molecule has 7 heteroatoms. The number of aryl methyl sites for hydroxylation is 3. The van der Waals surface area contributed by atoms with E-state index in [1.807, 2.05) is 42.6 Å². The van der Waals surface area contributed by atoms with E-state index >= 15 is 0 Å². The SMILES string of the molecule is COC(=O)c1ccccc1-n1c(C)cc([C@@H]2[C@H](c3ccccn3)NC(=S)N2c2ccc(C)c(C)c2)c1C. The maximum atomic E-state index is 12.6. The Bertz CT molecular complexity index is 1490. The first-order valence-corrected chi connectivity index (χ1v) is 12.7. The Balaban J connectivity index is 1.70. The van der Waals surface area contributed by atoms with Gasteiger partial charge in [0.15, 0.2) is 5.11 Å². The van der Waals surface area contributed by atoms with Crippen LogP contribution in [0.3, 0.4) is 0 Å².